The van der Waals surface area contributed by atoms with Crippen molar-refractivity contribution in [1.29, 1.82) is 0 Å². The van der Waals surface area contributed by atoms with Crippen LogP contribution in [0.15, 0.2) is 12.1 Å². The molecule has 0 radical (unpaired) electrons. The van der Waals surface area contributed by atoms with E-state index < -0.39 is 23.4 Å². The van der Waals surface area contributed by atoms with E-state index >= 15 is 0 Å². The Morgan fingerprint density at radius 1 is 1.12 bits per heavy atom. The zero-order valence-corrected chi connectivity index (χ0v) is 15.7. The van der Waals surface area contributed by atoms with Crippen LogP contribution in [0.5, 0.6) is 5.75 Å². The van der Waals surface area contributed by atoms with Gasteiger partial charge in [-0.15, -0.1) is 0 Å². The van der Waals surface area contributed by atoms with Gasteiger partial charge < -0.3 is 4.74 Å². The van der Waals surface area contributed by atoms with E-state index in [1.807, 2.05) is 0 Å². The van der Waals surface area contributed by atoms with Crippen LogP contribution >= 0.6 is 0 Å². The van der Waals surface area contributed by atoms with Crippen molar-refractivity contribution in [1.82, 2.24) is 0 Å². The number of carbonyl (C=O) groups is 1. The molecular formula is C21H29F3O2. The molecule has 1 atom stereocenters. The molecule has 0 N–H and O–H groups in total. The maximum atomic E-state index is 13.2. The van der Waals surface area contributed by atoms with Gasteiger partial charge in [-0.25, -0.2) is 13.2 Å². The van der Waals surface area contributed by atoms with E-state index in [4.69, 9.17) is 4.74 Å². The summed E-state index contributed by atoms with van der Waals surface area (Å²) >= 11 is 0. The topological polar surface area (TPSA) is 26.3 Å². The van der Waals surface area contributed by atoms with E-state index in [1.165, 1.54) is 32.1 Å². The van der Waals surface area contributed by atoms with Crippen molar-refractivity contribution in [3.63, 3.8) is 0 Å². The summed E-state index contributed by atoms with van der Waals surface area (Å²) in [6.07, 6.45) is 9.64. The van der Waals surface area contributed by atoms with Gasteiger partial charge in [0.25, 0.3) is 0 Å². The lowest BCUT2D eigenvalue weighted by Crippen LogP contribution is -2.25. The molecule has 1 saturated carbocycles. The summed E-state index contributed by atoms with van der Waals surface area (Å²) in [6.45, 7) is 4.52. The first kappa shape index (κ1) is 20.8. The zero-order chi connectivity index (χ0) is 19.1. The highest BCUT2D eigenvalue weighted by molar-refractivity contribution is 5.75. The highest BCUT2D eigenvalue weighted by Crippen LogP contribution is 2.33. The number of esters is 1. The van der Waals surface area contributed by atoms with Crippen LogP contribution in [0.4, 0.5) is 13.2 Å². The summed E-state index contributed by atoms with van der Waals surface area (Å²) in [4.78, 5) is 12.2. The molecule has 0 spiro atoms. The predicted octanol–water partition coefficient (Wildman–Crippen LogP) is 6.42. The van der Waals surface area contributed by atoms with Crippen LogP contribution in [-0.4, -0.2) is 5.97 Å². The molecule has 0 aromatic heterocycles. The third kappa shape index (κ3) is 6.03. The number of ether oxygens (including phenoxy) is 1. The quantitative estimate of drug-likeness (QED) is 0.300. The van der Waals surface area contributed by atoms with Gasteiger partial charge in [-0.1, -0.05) is 46.0 Å². The summed E-state index contributed by atoms with van der Waals surface area (Å²) in [5.41, 5.74) is 0. The molecule has 1 unspecified atom stereocenters. The van der Waals surface area contributed by atoms with Gasteiger partial charge in [-0.3, -0.25) is 4.79 Å². The van der Waals surface area contributed by atoms with Crippen molar-refractivity contribution >= 4 is 5.97 Å². The van der Waals surface area contributed by atoms with Gasteiger partial charge in [0.1, 0.15) is 5.75 Å². The molecule has 0 amide bonds. The number of rotatable bonds is 8. The third-order valence-electron chi connectivity index (χ3n) is 5.45. The van der Waals surface area contributed by atoms with Gasteiger partial charge in [0.2, 0.25) is 0 Å². The second-order valence-corrected chi connectivity index (χ2v) is 7.66. The highest BCUT2D eigenvalue weighted by Gasteiger charge is 2.28. The second kappa shape index (κ2) is 9.98. The van der Waals surface area contributed by atoms with Crippen molar-refractivity contribution in [2.75, 3.05) is 0 Å². The Kier molecular flexibility index (Phi) is 7.98. The maximum absolute atomic E-state index is 13.2. The third-order valence-corrected chi connectivity index (χ3v) is 5.45. The number of hydrogen-bond acceptors (Lipinski definition) is 2. The number of hydrogen-bond donors (Lipinski definition) is 0. The standard InChI is InChI=1S/C21H29F3O2/c1-3-5-14(2)6-4-7-15-8-10-16(11-9-15)21(25)26-17-12-18(22)20(24)19(23)13-17/h12-16H,3-11H2,1-2H3. The molecule has 0 saturated heterocycles. The van der Waals surface area contributed by atoms with Crippen LogP contribution in [0.25, 0.3) is 0 Å². The normalized spacial score (nSPS) is 21.4. The van der Waals surface area contributed by atoms with Crippen molar-refractivity contribution in [2.24, 2.45) is 17.8 Å². The highest BCUT2D eigenvalue weighted by atomic mass is 19.2. The molecule has 0 aliphatic heterocycles. The first-order valence-electron chi connectivity index (χ1n) is 9.76. The predicted molar refractivity (Wildman–Crippen MR) is 95.3 cm³/mol. The van der Waals surface area contributed by atoms with Crippen LogP contribution in [0.3, 0.4) is 0 Å². The molecule has 1 aliphatic rings. The van der Waals surface area contributed by atoms with E-state index in [-0.39, 0.29) is 11.7 Å². The molecule has 1 aliphatic carbocycles. The number of halogens is 3. The van der Waals surface area contributed by atoms with Gasteiger partial charge in [-0.2, -0.15) is 0 Å². The van der Waals surface area contributed by atoms with Crippen molar-refractivity contribution in [3.05, 3.63) is 29.6 Å². The molecule has 2 rings (SSSR count). The SMILES string of the molecule is CCCC(C)CCCC1CCC(C(=O)Oc2cc(F)c(F)c(F)c2)CC1. The van der Waals surface area contributed by atoms with E-state index in [9.17, 15) is 18.0 Å². The molecular weight excluding hydrogens is 341 g/mol. The summed E-state index contributed by atoms with van der Waals surface area (Å²) in [5.74, 6) is -3.84. The smallest absolute Gasteiger partial charge is 0.314 e. The van der Waals surface area contributed by atoms with Crippen molar-refractivity contribution < 1.29 is 22.7 Å². The molecule has 26 heavy (non-hydrogen) atoms. The van der Waals surface area contributed by atoms with E-state index in [0.717, 1.165) is 31.6 Å². The Morgan fingerprint density at radius 2 is 1.73 bits per heavy atom. The van der Waals surface area contributed by atoms with Crippen LogP contribution in [0.1, 0.15) is 71.6 Å². The minimum Gasteiger partial charge on any atom is -0.426 e. The Morgan fingerprint density at radius 3 is 2.31 bits per heavy atom. The first-order valence-corrected chi connectivity index (χ1v) is 9.76. The first-order chi connectivity index (χ1) is 12.4. The van der Waals surface area contributed by atoms with Crippen molar-refractivity contribution in [2.45, 2.75) is 71.6 Å². The van der Waals surface area contributed by atoms with Crippen LogP contribution in [-0.2, 0) is 4.79 Å². The Bertz CT molecular complexity index is 572. The Hall–Kier alpha value is -1.52. The molecule has 5 heteroatoms. The largest absolute Gasteiger partial charge is 0.426 e. The minimum absolute atomic E-state index is 0.249. The number of carbonyl (C=O) groups excluding carboxylic acids is 1. The second-order valence-electron chi connectivity index (χ2n) is 7.66. The monoisotopic (exact) mass is 370 g/mol. The van der Waals surface area contributed by atoms with Crippen molar-refractivity contribution in [3.8, 4) is 5.75 Å². The lowest BCUT2D eigenvalue weighted by Gasteiger charge is -2.27. The van der Waals surface area contributed by atoms with Gasteiger partial charge in [0.05, 0.1) is 5.92 Å². The number of benzene rings is 1. The zero-order valence-electron chi connectivity index (χ0n) is 15.7. The molecule has 1 aromatic carbocycles. The Balaban J connectivity index is 1.74. The molecule has 0 bridgehead atoms. The van der Waals surface area contributed by atoms with Gasteiger partial charge >= 0.3 is 5.97 Å². The van der Waals surface area contributed by atoms with E-state index in [0.29, 0.717) is 18.1 Å². The fourth-order valence-electron chi connectivity index (χ4n) is 3.87. The average molecular weight is 370 g/mol. The van der Waals surface area contributed by atoms with E-state index in [2.05, 4.69) is 13.8 Å². The lowest BCUT2D eigenvalue weighted by molar-refractivity contribution is -0.140. The van der Waals surface area contributed by atoms with Crippen LogP contribution < -0.4 is 4.74 Å². The maximum Gasteiger partial charge on any atom is 0.314 e. The van der Waals surface area contributed by atoms with Gasteiger partial charge in [-0.05, 0) is 37.5 Å². The molecule has 146 valence electrons. The summed E-state index contributed by atoms with van der Waals surface area (Å²) in [5, 5.41) is 0. The fourth-order valence-corrected chi connectivity index (χ4v) is 3.87. The average Bonchev–Trinajstić information content (AvgIpc) is 2.60. The van der Waals surface area contributed by atoms with Gasteiger partial charge in [0, 0.05) is 12.1 Å². The molecule has 1 aromatic rings. The van der Waals surface area contributed by atoms with Crippen LogP contribution in [0, 0.1) is 35.2 Å². The van der Waals surface area contributed by atoms with Gasteiger partial charge in [0.15, 0.2) is 17.5 Å². The summed E-state index contributed by atoms with van der Waals surface area (Å²) in [7, 11) is 0. The minimum atomic E-state index is -1.56. The Labute approximate surface area is 154 Å². The molecule has 2 nitrogen and oxygen atoms in total. The fraction of sp³-hybridized carbons (Fsp3) is 0.667. The molecule has 1 fully saturated rings. The summed E-state index contributed by atoms with van der Waals surface area (Å²) < 4.78 is 44.4. The van der Waals surface area contributed by atoms with E-state index in [1.54, 1.807) is 0 Å². The lowest BCUT2D eigenvalue weighted by atomic mass is 9.79. The molecule has 0 heterocycles. The summed E-state index contributed by atoms with van der Waals surface area (Å²) in [6, 6.07) is 1.42. The van der Waals surface area contributed by atoms with Crippen LogP contribution in [0.2, 0.25) is 0 Å².